The largest absolute Gasteiger partial charge is 0.483 e. The first-order valence-electron chi connectivity index (χ1n) is 8.20. The summed E-state index contributed by atoms with van der Waals surface area (Å²) >= 11 is 6.12. The molecule has 0 aliphatic heterocycles. The quantitative estimate of drug-likeness (QED) is 0.601. The van der Waals surface area contributed by atoms with Gasteiger partial charge in [0.05, 0.1) is 5.71 Å². The van der Waals surface area contributed by atoms with Crippen LogP contribution in [0.2, 0.25) is 5.02 Å². The maximum atomic E-state index is 12.0. The molecule has 0 spiro atoms. The first-order valence-corrected chi connectivity index (χ1v) is 8.57. The number of nitrogens with one attached hydrogen (secondary N) is 1. The van der Waals surface area contributed by atoms with Gasteiger partial charge in [0.2, 0.25) is 0 Å². The van der Waals surface area contributed by atoms with Crippen LogP contribution >= 0.6 is 11.6 Å². The molecule has 132 valence electrons. The third-order valence-corrected chi connectivity index (χ3v) is 4.09. The van der Waals surface area contributed by atoms with Gasteiger partial charge in [-0.2, -0.15) is 5.10 Å². The van der Waals surface area contributed by atoms with Crippen molar-refractivity contribution < 1.29 is 9.53 Å². The van der Waals surface area contributed by atoms with Crippen LogP contribution in [0, 0.1) is 6.92 Å². The summed E-state index contributed by atoms with van der Waals surface area (Å²) in [5, 5.41) is 4.69. The molecule has 0 saturated carbocycles. The molecule has 5 heteroatoms. The number of aryl methyl sites for hydroxylation is 1. The second kappa shape index (κ2) is 8.67. The van der Waals surface area contributed by atoms with Crippen LogP contribution in [-0.2, 0) is 4.79 Å². The molecule has 0 atom stereocenters. The van der Waals surface area contributed by atoms with E-state index in [-0.39, 0.29) is 12.5 Å². The molecule has 0 bridgehead atoms. The summed E-state index contributed by atoms with van der Waals surface area (Å²) in [6.07, 6.45) is 0. The predicted molar refractivity (Wildman–Crippen MR) is 103 cm³/mol. The summed E-state index contributed by atoms with van der Waals surface area (Å²) in [5.74, 6) is 0.735. The molecular formula is C20H23ClN2O2. The normalized spacial score (nSPS) is 11.5. The second-order valence-corrected chi connectivity index (χ2v) is 6.60. The Morgan fingerprint density at radius 2 is 1.96 bits per heavy atom. The van der Waals surface area contributed by atoms with Crippen molar-refractivity contribution in [3.63, 3.8) is 0 Å². The fraction of sp³-hybridized carbons (Fsp3) is 0.300. The van der Waals surface area contributed by atoms with Gasteiger partial charge in [-0.3, -0.25) is 4.79 Å². The van der Waals surface area contributed by atoms with Crippen LogP contribution in [0.25, 0.3) is 0 Å². The Morgan fingerprint density at radius 3 is 2.64 bits per heavy atom. The van der Waals surface area contributed by atoms with Gasteiger partial charge in [0, 0.05) is 10.6 Å². The molecule has 0 aromatic heterocycles. The molecule has 1 amide bonds. The molecule has 25 heavy (non-hydrogen) atoms. The van der Waals surface area contributed by atoms with Crippen molar-refractivity contribution in [2.24, 2.45) is 5.10 Å². The highest BCUT2D eigenvalue weighted by Gasteiger charge is 2.10. The van der Waals surface area contributed by atoms with Crippen molar-refractivity contribution in [1.29, 1.82) is 0 Å². The Labute approximate surface area is 153 Å². The lowest BCUT2D eigenvalue weighted by molar-refractivity contribution is -0.123. The van der Waals surface area contributed by atoms with E-state index >= 15 is 0 Å². The predicted octanol–water partition coefficient (Wildman–Crippen LogP) is 4.69. The Bertz CT molecular complexity index is 785. The van der Waals surface area contributed by atoms with E-state index in [1.165, 1.54) is 0 Å². The summed E-state index contributed by atoms with van der Waals surface area (Å²) in [5.41, 5.74) is 6.10. The molecule has 0 radical (unpaired) electrons. The molecule has 2 aromatic rings. The molecule has 0 aliphatic carbocycles. The number of hydrazone groups is 1. The Hall–Kier alpha value is -2.33. The fourth-order valence-corrected chi connectivity index (χ4v) is 2.65. The SMILES string of the molecule is C/C(=N/NC(=O)COc1cc(C)ccc1C(C)C)c1ccccc1Cl. The van der Waals surface area contributed by atoms with E-state index in [2.05, 4.69) is 24.4 Å². The van der Waals surface area contributed by atoms with Gasteiger partial charge in [-0.15, -0.1) is 0 Å². The number of rotatable bonds is 6. The molecule has 0 aliphatic rings. The highest BCUT2D eigenvalue weighted by molar-refractivity contribution is 6.34. The lowest BCUT2D eigenvalue weighted by Gasteiger charge is -2.14. The summed E-state index contributed by atoms with van der Waals surface area (Å²) in [6, 6.07) is 13.4. The Morgan fingerprint density at radius 1 is 1.24 bits per heavy atom. The molecular weight excluding hydrogens is 336 g/mol. The van der Waals surface area contributed by atoms with E-state index in [0.29, 0.717) is 16.7 Å². The summed E-state index contributed by atoms with van der Waals surface area (Å²) in [7, 11) is 0. The summed E-state index contributed by atoms with van der Waals surface area (Å²) in [4.78, 5) is 12.0. The van der Waals surface area contributed by atoms with Gasteiger partial charge >= 0.3 is 0 Å². The number of halogens is 1. The average molecular weight is 359 g/mol. The topological polar surface area (TPSA) is 50.7 Å². The maximum absolute atomic E-state index is 12.0. The number of amides is 1. The zero-order valence-corrected chi connectivity index (χ0v) is 15.7. The lowest BCUT2D eigenvalue weighted by Crippen LogP contribution is -2.26. The summed E-state index contributed by atoms with van der Waals surface area (Å²) < 4.78 is 5.70. The first kappa shape index (κ1) is 19.0. The number of carbonyl (C=O) groups is 1. The van der Waals surface area contributed by atoms with Gasteiger partial charge < -0.3 is 4.74 Å². The van der Waals surface area contributed by atoms with Crippen LogP contribution in [0.4, 0.5) is 0 Å². The minimum absolute atomic E-state index is 0.0948. The van der Waals surface area contributed by atoms with Crippen molar-refractivity contribution in [1.82, 2.24) is 5.43 Å². The van der Waals surface area contributed by atoms with E-state index < -0.39 is 0 Å². The molecule has 2 rings (SSSR count). The minimum atomic E-state index is -0.317. The van der Waals surface area contributed by atoms with Gasteiger partial charge in [-0.05, 0) is 43.0 Å². The van der Waals surface area contributed by atoms with Crippen LogP contribution in [0.1, 0.15) is 43.4 Å². The zero-order valence-electron chi connectivity index (χ0n) is 15.0. The van der Waals surface area contributed by atoms with Gasteiger partial charge in [0.25, 0.3) is 5.91 Å². The van der Waals surface area contributed by atoms with Gasteiger partial charge in [0.1, 0.15) is 5.75 Å². The van der Waals surface area contributed by atoms with Crippen LogP contribution < -0.4 is 10.2 Å². The highest BCUT2D eigenvalue weighted by Crippen LogP contribution is 2.27. The Kier molecular flexibility index (Phi) is 6.59. The number of nitrogens with zero attached hydrogens (tertiary/aromatic N) is 1. The van der Waals surface area contributed by atoms with Crippen molar-refractivity contribution >= 4 is 23.2 Å². The Balaban J connectivity index is 1.99. The first-order chi connectivity index (χ1) is 11.9. The smallest absolute Gasteiger partial charge is 0.277 e. The third-order valence-electron chi connectivity index (χ3n) is 3.76. The number of benzene rings is 2. The van der Waals surface area contributed by atoms with E-state index in [1.807, 2.05) is 43.3 Å². The van der Waals surface area contributed by atoms with Crippen molar-refractivity contribution in [3.05, 3.63) is 64.2 Å². The van der Waals surface area contributed by atoms with Crippen LogP contribution in [-0.4, -0.2) is 18.2 Å². The van der Waals surface area contributed by atoms with Gasteiger partial charge in [-0.1, -0.05) is 55.8 Å². The number of carbonyl (C=O) groups excluding carboxylic acids is 1. The molecule has 2 aromatic carbocycles. The summed E-state index contributed by atoms with van der Waals surface area (Å²) in [6.45, 7) is 7.88. The molecule has 0 unspecified atom stereocenters. The van der Waals surface area contributed by atoms with Crippen molar-refractivity contribution in [3.8, 4) is 5.75 Å². The molecule has 0 heterocycles. The monoisotopic (exact) mass is 358 g/mol. The minimum Gasteiger partial charge on any atom is -0.483 e. The standard InChI is InChI=1S/C20H23ClN2O2/c1-13(2)16-10-9-14(3)11-19(16)25-12-20(24)23-22-15(4)17-7-5-6-8-18(17)21/h5-11,13H,12H2,1-4H3,(H,23,24)/b22-15-. The van der Waals surface area contributed by atoms with Gasteiger partial charge in [-0.25, -0.2) is 5.43 Å². The van der Waals surface area contributed by atoms with Crippen LogP contribution in [0.15, 0.2) is 47.6 Å². The van der Waals surface area contributed by atoms with E-state index in [9.17, 15) is 4.79 Å². The number of ether oxygens (including phenoxy) is 1. The van der Waals surface area contributed by atoms with E-state index in [0.717, 1.165) is 22.4 Å². The molecule has 4 nitrogen and oxygen atoms in total. The van der Waals surface area contributed by atoms with Crippen molar-refractivity contribution in [2.45, 2.75) is 33.6 Å². The average Bonchev–Trinajstić information content (AvgIpc) is 2.58. The second-order valence-electron chi connectivity index (χ2n) is 6.20. The zero-order chi connectivity index (χ0) is 18.4. The molecule has 1 N–H and O–H groups in total. The molecule has 0 saturated heterocycles. The number of hydrogen-bond acceptors (Lipinski definition) is 3. The third kappa shape index (κ3) is 5.33. The van der Waals surface area contributed by atoms with E-state index in [4.69, 9.17) is 16.3 Å². The van der Waals surface area contributed by atoms with Gasteiger partial charge in [0.15, 0.2) is 6.61 Å². The molecule has 0 fully saturated rings. The fourth-order valence-electron chi connectivity index (χ4n) is 2.38. The van der Waals surface area contributed by atoms with Crippen LogP contribution in [0.3, 0.4) is 0 Å². The highest BCUT2D eigenvalue weighted by atomic mass is 35.5. The number of hydrogen-bond donors (Lipinski definition) is 1. The maximum Gasteiger partial charge on any atom is 0.277 e. The van der Waals surface area contributed by atoms with Crippen LogP contribution in [0.5, 0.6) is 5.75 Å². The van der Waals surface area contributed by atoms with Crippen molar-refractivity contribution in [2.75, 3.05) is 6.61 Å². The lowest BCUT2D eigenvalue weighted by atomic mass is 10.0. The van der Waals surface area contributed by atoms with E-state index in [1.54, 1.807) is 13.0 Å².